The number of aryl methyl sites for hydroxylation is 1. The van der Waals surface area contributed by atoms with Crippen molar-refractivity contribution in [2.45, 2.75) is 31.7 Å². The lowest BCUT2D eigenvalue weighted by molar-refractivity contribution is 0.179. The molecule has 0 saturated carbocycles. The van der Waals surface area contributed by atoms with Crippen LogP contribution in [0.2, 0.25) is 0 Å². The third-order valence-electron chi connectivity index (χ3n) is 4.83. The van der Waals surface area contributed by atoms with E-state index in [1.165, 1.54) is 16.7 Å². The fourth-order valence-corrected chi connectivity index (χ4v) is 3.49. The molecule has 0 aromatic heterocycles. The average Bonchev–Trinajstić information content (AvgIpc) is 2.57. The van der Waals surface area contributed by atoms with Crippen LogP contribution in [0.4, 0.5) is 0 Å². The molecule has 112 valence electrons. The molecule has 0 unspecified atom stereocenters. The van der Waals surface area contributed by atoms with E-state index in [9.17, 15) is 5.26 Å². The first-order valence-electron chi connectivity index (χ1n) is 7.97. The summed E-state index contributed by atoms with van der Waals surface area (Å²) in [6.07, 6.45) is 1.84. The van der Waals surface area contributed by atoms with Gasteiger partial charge in [-0.2, -0.15) is 5.26 Å². The molecule has 2 nitrogen and oxygen atoms in total. The van der Waals surface area contributed by atoms with Gasteiger partial charge in [0.1, 0.15) is 0 Å². The monoisotopic (exact) mass is 290 g/mol. The molecule has 0 atom stereocenters. The van der Waals surface area contributed by atoms with E-state index < -0.39 is 0 Å². The van der Waals surface area contributed by atoms with Crippen LogP contribution in [0.15, 0.2) is 54.6 Å². The molecule has 1 saturated heterocycles. The number of nitrogens with zero attached hydrogens (tertiary/aromatic N) is 2. The molecule has 0 bridgehead atoms. The van der Waals surface area contributed by atoms with Crippen molar-refractivity contribution in [2.24, 2.45) is 0 Å². The fourth-order valence-electron chi connectivity index (χ4n) is 3.49. The summed E-state index contributed by atoms with van der Waals surface area (Å²) >= 11 is 0. The van der Waals surface area contributed by atoms with Crippen LogP contribution < -0.4 is 0 Å². The topological polar surface area (TPSA) is 27.0 Å². The molecule has 0 radical (unpaired) electrons. The summed E-state index contributed by atoms with van der Waals surface area (Å²) in [5.74, 6) is 0. The lowest BCUT2D eigenvalue weighted by atomic mass is 9.72. The molecule has 3 rings (SSSR count). The van der Waals surface area contributed by atoms with Crippen LogP contribution in [0.1, 0.15) is 29.5 Å². The maximum Gasteiger partial charge on any atom is 0.0849 e. The van der Waals surface area contributed by atoms with Gasteiger partial charge in [0.2, 0.25) is 0 Å². The smallest absolute Gasteiger partial charge is 0.0849 e. The van der Waals surface area contributed by atoms with E-state index in [-0.39, 0.29) is 5.41 Å². The van der Waals surface area contributed by atoms with E-state index in [0.717, 1.165) is 32.5 Å². The molecule has 2 aromatic rings. The Bertz CT molecular complexity index is 662. The Balaban J connectivity index is 1.72. The van der Waals surface area contributed by atoms with Crippen molar-refractivity contribution in [3.05, 3.63) is 71.3 Å². The molecule has 1 aliphatic rings. The molecule has 1 heterocycles. The van der Waals surface area contributed by atoms with Crippen molar-refractivity contribution in [2.75, 3.05) is 13.1 Å². The van der Waals surface area contributed by atoms with Crippen LogP contribution in [0, 0.1) is 18.3 Å². The summed E-state index contributed by atoms with van der Waals surface area (Å²) < 4.78 is 0. The van der Waals surface area contributed by atoms with Gasteiger partial charge in [-0.15, -0.1) is 0 Å². The molecular weight excluding hydrogens is 268 g/mol. The molecular formula is C20H22N2. The minimum atomic E-state index is -0.307. The van der Waals surface area contributed by atoms with Crippen molar-refractivity contribution in [1.29, 1.82) is 5.26 Å². The molecule has 2 heteroatoms. The summed E-state index contributed by atoms with van der Waals surface area (Å²) in [6.45, 7) is 5.06. The normalized spacial score (nSPS) is 17.8. The fraction of sp³-hybridized carbons (Fsp3) is 0.350. The first kappa shape index (κ1) is 14.8. The Kier molecular flexibility index (Phi) is 4.27. The highest BCUT2D eigenvalue weighted by Crippen LogP contribution is 2.36. The van der Waals surface area contributed by atoms with E-state index in [0.29, 0.717) is 0 Å². The third kappa shape index (κ3) is 2.91. The zero-order chi connectivity index (χ0) is 15.4. The second-order valence-corrected chi connectivity index (χ2v) is 6.27. The van der Waals surface area contributed by atoms with Crippen molar-refractivity contribution >= 4 is 0 Å². The first-order valence-corrected chi connectivity index (χ1v) is 7.97. The number of piperidine rings is 1. The lowest BCUT2D eigenvalue weighted by Gasteiger charge is -2.38. The summed E-state index contributed by atoms with van der Waals surface area (Å²) in [5.41, 5.74) is 3.50. The summed E-state index contributed by atoms with van der Waals surface area (Å²) in [7, 11) is 0. The second kappa shape index (κ2) is 6.34. The maximum atomic E-state index is 9.83. The van der Waals surface area contributed by atoms with Gasteiger partial charge in [-0.05, 0) is 36.5 Å². The summed E-state index contributed by atoms with van der Waals surface area (Å²) in [6, 6.07) is 21.6. The van der Waals surface area contributed by atoms with E-state index in [1.54, 1.807) is 0 Å². The third-order valence-corrected chi connectivity index (χ3v) is 4.83. The predicted octanol–water partition coefficient (Wildman–Crippen LogP) is 4.05. The van der Waals surface area contributed by atoms with Crippen molar-refractivity contribution in [1.82, 2.24) is 4.90 Å². The number of hydrogen-bond acceptors (Lipinski definition) is 2. The van der Waals surface area contributed by atoms with E-state index in [1.807, 2.05) is 0 Å². The van der Waals surface area contributed by atoms with Crippen LogP contribution in [0.25, 0.3) is 0 Å². The van der Waals surface area contributed by atoms with Crippen molar-refractivity contribution < 1.29 is 0 Å². The molecule has 1 fully saturated rings. The molecule has 1 aliphatic heterocycles. The van der Waals surface area contributed by atoms with Gasteiger partial charge in [0.15, 0.2) is 0 Å². The summed E-state index contributed by atoms with van der Waals surface area (Å²) in [4.78, 5) is 2.46. The highest BCUT2D eigenvalue weighted by atomic mass is 15.1. The Morgan fingerprint density at radius 1 is 1.00 bits per heavy atom. The highest BCUT2D eigenvalue weighted by molar-refractivity contribution is 5.39. The van der Waals surface area contributed by atoms with Gasteiger partial charge >= 0.3 is 0 Å². The minimum Gasteiger partial charge on any atom is -0.299 e. The quantitative estimate of drug-likeness (QED) is 0.852. The average molecular weight is 290 g/mol. The minimum absolute atomic E-state index is 0.307. The van der Waals surface area contributed by atoms with Gasteiger partial charge in [0.05, 0.1) is 11.5 Å². The maximum absolute atomic E-state index is 9.83. The number of hydrogen-bond donors (Lipinski definition) is 0. The molecule has 0 N–H and O–H groups in total. The van der Waals surface area contributed by atoms with Crippen LogP contribution >= 0.6 is 0 Å². The molecule has 2 aromatic carbocycles. The van der Waals surface area contributed by atoms with Gasteiger partial charge in [0.25, 0.3) is 0 Å². The largest absolute Gasteiger partial charge is 0.299 e. The zero-order valence-electron chi connectivity index (χ0n) is 13.1. The van der Waals surface area contributed by atoms with Crippen LogP contribution in [-0.4, -0.2) is 18.0 Å². The Morgan fingerprint density at radius 3 is 2.27 bits per heavy atom. The van der Waals surface area contributed by atoms with Crippen LogP contribution in [-0.2, 0) is 12.0 Å². The second-order valence-electron chi connectivity index (χ2n) is 6.27. The van der Waals surface area contributed by atoms with Crippen molar-refractivity contribution in [3.8, 4) is 6.07 Å². The number of rotatable bonds is 3. The van der Waals surface area contributed by atoms with Gasteiger partial charge in [-0.25, -0.2) is 0 Å². The predicted molar refractivity (Wildman–Crippen MR) is 89.4 cm³/mol. The standard InChI is InChI=1S/C20H22N2/c1-17-7-5-6-10-19(17)20(16-21)11-13-22(14-12-20)15-18-8-3-2-4-9-18/h2-10H,11-15H2,1H3. The molecule has 0 amide bonds. The van der Waals surface area contributed by atoms with Gasteiger partial charge in [0, 0.05) is 19.6 Å². The highest BCUT2D eigenvalue weighted by Gasteiger charge is 2.37. The number of benzene rings is 2. The number of likely N-dealkylation sites (tertiary alicyclic amines) is 1. The molecule has 0 aliphatic carbocycles. The zero-order valence-corrected chi connectivity index (χ0v) is 13.1. The Morgan fingerprint density at radius 2 is 1.64 bits per heavy atom. The van der Waals surface area contributed by atoms with Gasteiger partial charge in [-0.3, -0.25) is 4.90 Å². The van der Waals surface area contributed by atoms with E-state index >= 15 is 0 Å². The van der Waals surface area contributed by atoms with E-state index in [4.69, 9.17) is 0 Å². The summed E-state index contributed by atoms with van der Waals surface area (Å²) in [5, 5.41) is 9.83. The molecule has 22 heavy (non-hydrogen) atoms. The van der Waals surface area contributed by atoms with Gasteiger partial charge < -0.3 is 0 Å². The van der Waals surface area contributed by atoms with Crippen LogP contribution in [0.3, 0.4) is 0 Å². The Labute approximate surface area is 133 Å². The molecule has 0 spiro atoms. The van der Waals surface area contributed by atoms with E-state index in [2.05, 4.69) is 72.5 Å². The number of nitriles is 1. The van der Waals surface area contributed by atoms with Gasteiger partial charge in [-0.1, -0.05) is 54.6 Å². The lowest BCUT2D eigenvalue weighted by Crippen LogP contribution is -2.41. The Hall–Kier alpha value is -2.11. The SMILES string of the molecule is Cc1ccccc1C1(C#N)CCN(Cc2ccccc2)CC1. The van der Waals surface area contributed by atoms with Crippen LogP contribution in [0.5, 0.6) is 0 Å². The first-order chi connectivity index (χ1) is 10.7. The van der Waals surface area contributed by atoms with Crippen molar-refractivity contribution in [3.63, 3.8) is 0 Å².